The Morgan fingerprint density at radius 3 is 2.44 bits per heavy atom. The fraction of sp³-hybridized carbons (Fsp3) is 0.611. The van der Waals surface area contributed by atoms with E-state index >= 15 is 0 Å². The molecule has 0 saturated heterocycles. The number of alkyl halides is 3. The van der Waals surface area contributed by atoms with Crippen LogP contribution in [-0.4, -0.2) is 36.1 Å². The van der Waals surface area contributed by atoms with Gasteiger partial charge in [0.1, 0.15) is 6.54 Å². The molecule has 0 bridgehead atoms. The predicted molar refractivity (Wildman–Crippen MR) is 94.7 cm³/mol. The molecular weight excluding hydrogens is 353 g/mol. The maximum atomic E-state index is 12.9. The van der Waals surface area contributed by atoms with Gasteiger partial charge in [-0.15, -0.1) is 12.4 Å². The molecule has 1 fully saturated rings. The third kappa shape index (κ3) is 7.24. The van der Waals surface area contributed by atoms with Crippen molar-refractivity contribution < 1.29 is 18.0 Å². The Labute approximate surface area is 153 Å². The Hall–Kier alpha value is -1.27. The number of aryl methyl sites for hydroxylation is 1. The first-order valence-electron chi connectivity index (χ1n) is 8.41. The number of hydrogen-bond donors (Lipinski definition) is 1. The molecular formula is C18H26ClF3N2O. The van der Waals surface area contributed by atoms with Gasteiger partial charge in [-0.05, 0) is 38.2 Å². The minimum absolute atomic E-state index is 0. The number of carbonyl (C=O) groups is 1. The van der Waals surface area contributed by atoms with Gasteiger partial charge in [0.15, 0.2) is 0 Å². The van der Waals surface area contributed by atoms with E-state index in [4.69, 9.17) is 5.73 Å². The Bertz CT molecular complexity index is 548. The zero-order chi connectivity index (χ0) is 17.7. The molecule has 0 spiro atoms. The molecule has 3 nitrogen and oxygen atoms in total. The third-order valence-corrected chi connectivity index (χ3v) is 4.54. The molecule has 142 valence electrons. The van der Waals surface area contributed by atoms with Crippen LogP contribution in [0.4, 0.5) is 13.2 Å². The highest BCUT2D eigenvalue weighted by atomic mass is 35.5. The lowest BCUT2D eigenvalue weighted by Gasteiger charge is -2.32. The van der Waals surface area contributed by atoms with Crippen molar-refractivity contribution in [2.24, 2.45) is 11.7 Å². The van der Waals surface area contributed by atoms with Gasteiger partial charge in [-0.2, -0.15) is 13.2 Å². The van der Waals surface area contributed by atoms with E-state index in [9.17, 15) is 18.0 Å². The van der Waals surface area contributed by atoms with Gasteiger partial charge in [-0.25, -0.2) is 0 Å². The van der Waals surface area contributed by atoms with Crippen LogP contribution in [0, 0.1) is 12.8 Å². The van der Waals surface area contributed by atoms with Crippen molar-refractivity contribution in [3.05, 3.63) is 35.4 Å². The Balaban J connectivity index is 0.00000312. The number of hydrogen-bond acceptors (Lipinski definition) is 2. The number of halogens is 4. The van der Waals surface area contributed by atoms with Crippen molar-refractivity contribution in [2.75, 3.05) is 13.1 Å². The summed E-state index contributed by atoms with van der Waals surface area (Å²) in [5, 5.41) is 0. The second kappa shape index (κ2) is 9.43. The highest BCUT2D eigenvalue weighted by Gasteiger charge is 2.36. The maximum absolute atomic E-state index is 12.9. The lowest BCUT2D eigenvalue weighted by Crippen LogP contribution is -2.45. The summed E-state index contributed by atoms with van der Waals surface area (Å²) < 4.78 is 38.6. The smallest absolute Gasteiger partial charge is 0.333 e. The van der Waals surface area contributed by atoms with Crippen molar-refractivity contribution in [2.45, 2.75) is 51.2 Å². The van der Waals surface area contributed by atoms with E-state index in [2.05, 4.69) is 0 Å². The molecule has 1 aromatic rings. The summed E-state index contributed by atoms with van der Waals surface area (Å²) in [6.45, 7) is 0.839. The first-order chi connectivity index (χ1) is 11.2. The molecule has 1 aliphatic rings. The largest absolute Gasteiger partial charge is 0.406 e. The summed E-state index contributed by atoms with van der Waals surface area (Å²) in [5.41, 5.74) is 7.90. The Kier molecular flexibility index (Phi) is 8.22. The van der Waals surface area contributed by atoms with Gasteiger partial charge in [-0.1, -0.05) is 36.2 Å². The lowest BCUT2D eigenvalue weighted by atomic mass is 9.85. The average Bonchev–Trinajstić information content (AvgIpc) is 2.51. The van der Waals surface area contributed by atoms with Crippen LogP contribution in [0.5, 0.6) is 0 Å². The van der Waals surface area contributed by atoms with Crippen LogP contribution in [-0.2, 0) is 11.2 Å². The number of benzene rings is 1. The normalized spacial score (nSPS) is 20.7. The van der Waals surface area contributed by atoms with Gasteiger partial charge in [0.05, 0.1) is 0 Å². The molecule has 2 atom stereocenters. The highest BCUT2D eigenvalue weighted by Crippen LogP contribution is 2.27. The lowest BCUT2D eigenvalue weighted by molar-refractivity contribution is -0.164. The van der Waals surface area contributed by atoms with E-state index in [-0.39, 0.29) is 30.9 Å². The first-order valence-corrected chi connectivity index (χ1v) is 8.41. The van der Waals surface area contributed by atoms with Gasteiger partial charge in [0, 0.05) is 18.5 Å². The molecule has 2 N–H and O–H groups in total. The number of nitrogens with zero attached hydrogens (tertiary/aromatic N) is 1. The van der Waals surface area contributed by atoms with Crippen LogP contribution in [0.15, 0.2) is 24.3 Å². The molecule has 0 radical (unpaired) electrons. The molecule has 1 aromatic carbocycles. The third-order valence-electron chi connectivity index (χ3n) is 4.54. The summed E-state index contributed by atoms with van der Waals surface area (Å²) >= 11 is 0. The van der Waals surface area contributed by atoms with E-state index in [0.29, 0.717) is 19.3 Å². The highest BCUT2D eigenvalue weighted by molar-refractivity contribution is 5.85. The van der Waals surface area contributed by atoms with Crippen molar-refractivity contribution in [3.63, 3.8) is 0 Å². The van der Waals surface area contributed by atoms with Crippen LogP contribution >= 0.6 is 12.4 Å². The van der Waals surface area contributed by atoms with Crippen molar-refractivity contribution in [1.82, 2.24) is 4.90 Å². The van der Waals surface area contributed by atoms with E-state index < -0.39 is 18.6 Å². The second-order valence-corrected chi connectivity index (χ2v) is 6.73. The Morgan fingerprint density at radius 1 is 1.24 bits per heavy atom. The zero-order valence-electron chi connectivity index (χ0n) is 14.4. The monoisotopic (exact) mass is 378 g/mol. The molecule has 2 unspecified atom stereocenters. The van der Waals surface area contributed by atoms with Crippen molar-refractivity contribution in [1.29, 1.82) is 0 Å². The fourth-order valence-electron chi connectivity index (χ4n) is 3.21. The summed E-state index contributed by atoms with van der Waals surface area (Å²) in [4.78, 5) is 13.5. The first kappa shape index (κ1) is 21.8. The Morgan fingerprint density at radius 2 is 1.88 bits per heavy atom. The SMILES string of the molecule is Cc1ccc(CCN(CC(F)(F)F)C(=O)C2CCCC(N)C2)cc1.Cl. The molecule has 0 heterocycles. The maximum Gasteiger partial charge on any atom is 0.406 e. The molecule has 0 aromatic heterocycles. The van der Waals surface area contributed by atoms with Crippen molar-refractivity contribution in [3.8, 4) is 0 Å². The number of amides is 1. The molecule has 1 saturated carbocycles. The van der Waals surface area contributed by atoms with Crippen LogP contribution in [0.1, 0.15) is 36.8 Å². The zero-order valence-corrected chi connectivity index (χ0v) is 15.2. The average molecular weight is 379 g/mol. The van der Waals surface area contributed by atoms with Crippen LogP contribution in [0.25, 0.3) is 0 Å². The minimum atomic E-state index is -4.39. The van der Waals surface area contributed by atoms with Gasteiger partial charge in [0.2, 0.25) is 5.91 Å². The summed E-state index contributed by atoms with van der Waals surface area (Å²) in [5.74, 6) is -0.788. The van der Waals surface area contributed by atoms with E-state index in [1.54, 1.807) is 0 Å². The van der Waals surface area contributed by atoms with Gasteiger partial charge in [-0.3, -0.25) is 4.79 Å². The van der Waals surface area contributed by atoms with Gasteiger partial charge < -0.3 is 10.6 Å². The van der Waals surface area contributed by atoms with Gasteiger partial charge in [0.25, 0.3) is 0 Å². The topological polar surface area (TPSA) is 46.3 Å². The molecule has 1 aliphatic carbocycles. The molecule has 25 heavy (non-hydrogen) atoms. The van der Waals surface area contributed by atoms with E-state index in [0.717, 1.165) is 28.9 Å². The van der Waals surface area contributed by atoms with E-state index in [1.807, 2.05) is 31.2 Å². The van der Waals surface area contributed by atoms with Gasteiger partial charge >= 0.3 is 6.18 Å². The second-order valence-electron chi connectivity index (χ2n) is 6.73. The molecule has 7 heteroatoms. The van der Waals surface area contributed by atoms with Crippen LogP contribution < -0.4 is 5.73 Å². The van der Waals surface area contributed by atoms with E-state index in [1.165, 1.54) is 0 Å². The number of carbonyl (C=O) groups excluding carboxylic acids is 1. The fourth-order valence-corrected chi connectivity index (χ4v) is 3.21. The van der Waals surface area contributed by atoms with Crippen LogP contribution in [0.3, 0.4) is 0 Å². The molecule has 2 rings (SSSR count). The summed E-state index contributed by atoms with van der Waals surface area (Å²) in [7, 11) is 0. The van der Waals surface area contributed by atoms with Crippen molar-refractivity contribution >= 4 is 18.3 Å². The predicted octanol–water partition coefficient (Wildman–Crippen LogP) is 3.87. The number of rotatable bonds is 5. The standard InChI is InChI=1S/C18H25F3N2O.ClH/c1-13-5-7-14(8-6-13)9-10-23(12-18(19,20)21)17(24)15-3-2-4-16(22)11-15;/h5-8,15-16H,2-4,9-12,22H2,1H3;1H. The quantitative estimate of drug-likeness (QED) is 0.845. The summed E-state index contributed by atoms with van der Waals surface area (Å²) in [6, 6.07) is 7.54. The minimum Gasteiger partial charge on any atom is -0.333 e. The number of nitrogens with two attached hydrogens (primary N) is 1. The van der Waals surface area contributed by atoms with Crippen LogP contribution in [0.2, 0.25) is 0 Å². The molecule has 1 amide bonds. The summed E-state index contributed by atoms with van der Waals surface area (Å²) in [6.07, 6.45) is -1.22. The molecule has 0 aliphatic heterocycles.